The fourth-order valence-corrected chi connectivity index (χ4v) is 3.28. The van der Waals surface area contributed by atoms with Crippen molar-refractivity contribution >= 4 is 34.9 Å². The number of nitrogens with zero attached hydrogens (tertiary/aromatic N) is 3. The van der Waals surface area contributed by atoms with Gasteiger partial charge in [0.25, 0.3) is 0 Å². The van der Waals surface area contributed by atoms with Crippen molar-refractivity contribution in [2.45, 2.75) is 20.8 Å². The lowest BCUT2D eigenvalue weighted by Gasteiger charge is -2.13. The van der Waals surface area contributed by atoms with Crippen molar-refractivity contribution in [3.05, 3.63) is 76.3 Å². The van der Waals surface area contributed by atoms with Gasteiger partial charge >= 0.3 is 0 Å². The SMILES string of the molecule is Cc1cccc(-c2cc(F)c(Nc3ncc(Cl)c(Nc4cc(C)[nH]n4)n3)cc2C)c1. The van der Waals surface area contributed by atoms with Gasteiger partial charge < -0.3 is 10.6 Å². The Bertz CT molecular complexity index is 1220. The Kier molecular flexibility index (Phi) is 5.37. The van der Waals surface area contributed by atoms with Crippen molar-refractivity contribution in [3.8, 4) is 11.1 Å². The average Bonchev–Trinajstić information content (AvgIpc) is 3.11. The molecule has 0 atom stereocenters. The summed E-state index contributed by atoms with van der Waals surface area (Å²) < 4.78 is 14.9. The largest absolute Gasteiger partial charge is 0.322 e. The summed E-state index contributed by atoms with van der Waals surface area (Å²) >= 11 is 6.19. The van der Waals surface area contributed by atoms with Crippen LogP contribution in [0.1, 0.15) is 16.8 Å². The molecule has 0 aliphatic heterocycles. The van der Waals surface area contributed by atoms with E-state index in [2.05, 4.69) is 30.8 Å². The zero-order chi connectivity index (χ0) is 21.3. The molecule has 0 unspecified atom stereocenters. The molecule has 0 amide bonds. The van der Waals surface area contributed by atoms with E-state index in [1.807, 2.05) is 51.1 Å². The molecule has 0 saturated carbocycles. The maximum atomic E-state index is 14.9. The summed E-state index contributed by atoms with van der Waals surface area (Å²) in [7, 11) is 0. The maximum absolute atomic E-state index is 14.9. The van der Waals surface area contributed by atoms with Gasteiger partial charge in [0.2, 0.25) is 5.95 Å². The first-order valence-electron chi connectivity index (χ1n) is 9.35. The van der Waals surface area contributed by atoms with Crippen LogP contribution in [-0.4, -0.2) is 20.2 Å². The van der Waals surface area contributed by atoms with Crippen LogP contribution in [0.3, 0.4) is 0 Å². The van der Waals surface area contributed by atoms with Gasteiger partial charge in [-0.3, -0.25) is 5.10 Å². The van der Waals surface area contributed by atoms with Crippen molar-refractivity contribution in [1.29, 1.82) is 0 Å². The minimum absolute atomic E-state index is 0.218. The molecule has 152 valence electrons. The second kappa shape index (κ2) is 8.12. The Morgan fingerprint density at radius 3 is 2.60 bits per heavy atom. The van der Waals surface area contributed by atoms with Gasteiger partial charge in [-0.1, -0.05) is 41.4 Å². The normalized spacial score (nSPS) is 10.8. The van der Waals surface area contributed by atoms with Crippen molar-refractivity contribution in [3.63, 3.8) is 0 Å². The maximum Gasteiger partial charge on any atom is 0.229 e. The highest BCUT2D eigenvalue weighted by molar-refractivity contribution is 6.32. The summed E-state index contributed by atoms with van der Waals surface area (Å²) in [4.78, 5) is 8.50. The number of aryl methyl sites for hydroxylation is 3. The minimum Gasteiger partial charge on any atom is -0.322 e. The summed E-state index contributed by atoms with van der Waals surface area (Å²) in [6.45, 7) is 5.84. The molecular weight excluding hydrogens is 403 g/mol. The zero-order valence-corrected chi connectivity index (χ0v) is 17.5. The number of halogens is 2. The molecule has 6 nitrogen and oxygen atoms in total. The van der Waals surface area contributed by atoms with Crippen LogP contribution in [0.25, 0.3) is 11.1 Å². The highest BCUT2D eigenvalue weighted by Crippen LogP contribution is 2.31. The number of anilines is 4. The number of nitrogens with one attached hydrogen (secondary N) is 3. The Morgan fingerprint density at radius 1 is 1.03 bits per heavy atom. The molecule has 4 aromatic rings. The van der Waals surface area contributed by atoms with Crippen molar-refractivity contribution in [1.82, 2.24) is 20.2 Å². The van der Waals surface area contributed by atoms with E-state index >= 15 is 0 Å². The summed E-state index contributed by atoms with van der Waals surface area (Å²) in [6.07, 6.45) is 1.45. The van der Waals surface area contributed by atoms with E-state index in [-0.39, 0.29) is 11.6 Å². The van der Waals surface area contributed by atoms with Crippen LogP contribution in [0, 0.1) is 26.6 Å². The molecule has 0 radical (unpaired) electrons. The third-order valence-electron chi connectivity index (χ3n) is 4.59. The number of aromatic amines is 1. The van der Waals surface area contributed by atoms with E-state index in [1.54, 1.807) is 6.07 Å². The van der Waals surface area contributed by atoms with Crippen LogP contribution in [0.15, 0.2) is 48.7 Å². The van der Waals surface area contributed by atoms with Crippen LogP contribution >= 0.6 is 11.6 Å². The Balaban J connectivity index is 1.61. The monoisotopic (exact) mass is 422 g/mol. The quantitative estimate of drug-likeness (QED) is 0.363. The van der Waals surface area contributed by atoms with Crippen LogP contribution < -0.4 is 10.6 Å². The van der Waals surface area contributed by atoms with Crippen molar-refractivity contribution in [2.24, 2.45) is 0 Å². The molecular formula is C22H20ClFN6. The highest BCUT2D eigenvalue weighted by atomic mass is 35.5. The lowest BCUT2D eigenvalue weighted by Crippen LogP contribution is -2.03. The van der Waals surface area contributed by atoms with Gasteiger partial charge in [0.1, 0.15) is 10.8 Å². The molecule has 0 spiro atoms. The van der Waals surface area contributed by atoms with Crippen LogP contribution in [0.5, 0.6) is 0 Å². The van der Waals surface area contributed by atoms with Crippen molar-refractivity contribution in [2.75, 3.05) is 10.6 Å². The number of rotatable bonds is 5. The molecule has 0 aliphatic rings. The van der Waals surface area contributed by atoms with Gasteiger partial charge in [0.05, 0.1) is 11.9 Å². The lowest BCUT2D eigenvalue weighted by atomic mass is 9.98. The molecule has 2 heterocycles. The Hall–Kier alpha value is -3.45. The fourth-order valence-electron chi connectivity index (χ4n) is 3.14. The summed E-state index contributed by atoms with van der Waals surface area (Å²) in [5.41, 5.74) is 5.05. The first kappa shape index (κ1) is 19.8. The van der Waals surface area contributed by atoms with E-state index in [1.165, 1.54) is 12.3 Å². The molecule has 0 saturated heterocycles. The summed E-state index contributed by atoms with van der Waals surface area (Å²) in [5, 5.41) is 13.2. The molecule has 0 aliphatic carbocycles. The van der Waals surface area contributed by atoms with E-state index < -0.39 is 5.82 Å². The molecule has 2 aromatic heterocycles. The van der Waals surface area contributed by atoms with Gasteiger partial charge in [-0.25, -0.2) is 9.37 Å². The van der Waals surface area contributed by atoms with E-state index in [4.69, 9.17) is 11.6 Å². The Labute approximate surface area is 178 Å². The molecule has 30 heavy (non-hydrogen) atoms. The second-order valence-electron chi connectivity index (χ2n) is 7.09. The topological polar surface area (TPSA) is 78.5 Å². The van der Waals surface area contributed by atoms with Gasteiger partial charge in [-0.05, 0) is 49.6 Å². The number of hydrogen-bond donors (Lipinski definition) is 3. The fraction of sp³-hybridized carbons (Fsp3) is 0.136. The van der Waals surface area contributed by atoms with Crippen molar-refractivity contribution < 1.29 is 4.39 Å². The standard InChI is InChI=1S/C22H20ClFN6/c1-12-5-4-6-15(7-12)16-10-18(24)19(8-13(16)2)26-22-25-11-17(23)21(28-22)27-20-9-14(3)29-30-20/h4-11H,1-3H3,(H3,25,26,27,28,29,30). The van der Waals surface area contributed by atoms with E-state index in [0.29, 0.717) is 16.7 Å². The molecule has 8 heteroatoms. The molecule has 3 N–H and O–H groups in total. The van der Waals surface area contributed by atoms with E-state index in [9.17, 15) is 4.39 Å². The van der Waals surface area contributed by atoms with Crippen LogP contribution in [-0.2, 0) is 0 Å². The Morgan fingerprint density at radius 2 is 1.87 bits per heavy atom. The van der Waals surface area contributed by atoms with Crippen LogP contribution in [0.4, 0.5) is 27.7 Å². The summed E-state index contributed by atoms with van der Waals surface area (Å²) in [5.74, 6) is 0.765. The number of aromatic nitrogens is 4. The number of benzene rings is 2. The van der Waals surface area contributed by atoms with Gasteiger partial charge in [-0.2, -0.15) is 10.1 Å². The molecule has 4 rings (SSSR count). The zero-order valence-electron chi connectivity index (χ0n) is 16.7. The average molecular weight is 423 g/mol. The smallest absolute Gasteiger partial charge is 0.229 e. The number of H-pyrrole nitrogens is 1. The third kappa shape index (κ3) is 4.26. The predicted molar refractivity (Wildman–Crippen MR) is 118 cm³/mol. The second-order valence-corrected chi connectivity index (χ2v) is 7.50. The third-order valence-corrected chi connectivity index (χ3v) is 4.86. The molecule has 0 bridgehead atoms. The molecule has 2 aromatic carbocycles. The van der Waals surface area contributed by atoms with Gasteiger partial charge in [0, 0.05) is 11.8 Å². The first-order chi connectivity index (χ1) is 14.4. The van der Waals surface area contributed by atoms with Gasteiger partial charge in [-0.15, -0.1) is 0 Å². The minimum atomic E-state index is -0.395. The first-order valence-corrected chi connectivity index (χ1v) is 9.72. The number of hydrogen-bond acceptors (Lipinski definition) is 5. The highest BCUT2D eigenvalue weighted by Gasteiger charge is 2.13. The van der Waals surface area contributed by atoms with E-state index in [0.717, 1.165) is 27.9 Å². The molecule has 0 fully saturated rings. The van der Waals surface area contributed by atoms with Gasteiger partial charge in [0.15, 0.2) is 11.6 Å². The lowest BCUT2D eigenvalue weighted by molar-refractivity contribution is 0.631. The predicted octanol–water partition coefficient (Wildman–Crippen LogP) is 6.07. The summed E-state index contributed by atoms with van der Waals surface area (Å²) in [6, 6.07) is 13.1. The van der Waals surface area contributed by atoms with Crippen LogP contribution in [0.2, 0.25) is 5.02 Å².